The second kappa shape index (κ2) is 11.7. The summed E-state index contributed by atoms with van der Waals surface area (Å²) in [7, 11) is 3.28. The molecule has 0 saturated heterocycles. The Morgan fingerprint density at radius 2 is 1.46 bits per heavy atom. The largest absolute Gasteiger partial charge is 0.497 e. The molecule has 0 aromatic heterocycles. The van der Waals surface area contributed by atoms with Crippen molar-refractivity contribution in [3.63, 3.8) is 0 Å². The summed E-state index contributed by atoms with van der Waals surface area (Å²) in [4.78, 5) is 38.9. The molecule has 0 radical (unpaired) electrons. The molecule has 0 fully saturated rings. The number of rotatable bonds is 9. The fraction of sp³-hybridized carbons (Fsp3) is 0.222. The van der Waals surface area contributed by atoms with Gasteiger partial charge < -0.3 is 15.4 Å². The maximum atomic E-state index is 13.2. The molecule has 0 heterocycles. The van der Waals surface area contributed by atoms with Gasteiger partial charge in [0.15, 0.2) is 0 Å². The Balaban J connectivity index is 1.72. The number of methoxy groups -OCH3 is 1. The van der Waals surface area contributed by atoms with Gasteiger partial charge in [-0.15, -0.1) is 0 Å². The lowest BCUT2D eigenvalue weighted by atomic mass is 10.0. The third-order valence-electron chi connectivity index (χ3n) is 5.43. The monoisotopic (exact) mass is 474 g/mol. The lowest BCUT2D eigenvalue weighted by Crippen LogP contribution is -2.53. The van der Waals surface area contributed by atoms with E-state index in [0.29, 0.717) is 17.0 Å². The Labute approximate surface area is 205 Å². The molecular formula is C27H30N4O4. The molecule has 182 valence electrons. The van der Waals surface area contributed by atoms with Crippen LogP contribution in [0.25, 0.3) is 0 Å². The van der Waals surface area contributed by atoms with E-state index in [4.69, 9.17) is 4.74 Å². The summed E-state index contributed by atoms with van der Waals surface area (Å²) < 4.78 is 5.12. The first-order valence-electron chi connectivity index (χ1n) is 11.2. The maximum Gasteiger partial charge on any atom is 0.261 e. The van der Waals surface area contributed by atoms with Crippen molar-refractivity contribution < 1.29 is 19.1 Å². The molecular weight excluding hydrogens is 444 g/mol. The zero-order valence-electron chi connectivity index (χ0n) is 20.2. The number of hydrogen-bond donors (Lipinski definition) is 3. The number of carbonyl (C=O) groups excluding carboxylic acids is 3. The molecule has 1 atom stereocenters. The maximum absolute atomic E-state index is 13.2. The van der Waals surface area contributed by atoms with Gasteiger partial charge in [0.2, 0.25) is 0 Å². The number of anilines is 2. The van der Waals surface area contributed by atoms with Gasteiger partial charge >= 0.3 is 0 Å². The second-order valence-corrected chi connectivity index (χ2v) is 8.29. The Morgan fingerprint density at radius 1 is 0.829 bits per heavy atom. The van der Waals surface area contributed by atoms with Crippen LogP contribution >= 0.6 is 0 Å². The molecule has 0 spiro atoms. The highest BCUT2D eigenvalue weighted by atomic mass is 16.5. The minimum Gasteiger partial charge on any atom is -0.497 e. The average molecular weight is 475 g/mol. The van der Waals surface area contributed by atoms with Gasteiger partial charge in [-0.05, 0) is 54.4 Å². The minimum atomic E-state index is -0.793. The predicted octanol–water partition coefficient (Wildman–Crippen LogP) is 3.87. The van der Waals surface area contributed by atoms with Crippen molar-refractivity contribution in [2.75, 3.05) is 24.5 Å². The number of ether oxygens (including phenoxy) is 1. The Bertz CT molecular complexity index is 1160. The van der Waals surface area contributed by atoms with Gasteiger partial charge in [-0.3, -0.25) is 24.8 Å². The van der Waals surface area contributed by atoms with Crippen molar-refractivity contribution in [3.8, 4) is 5.75 Å². The van der Waals surface area contributed by atoms with E-state index in [1.54, 1.807) is 67.7 Å². The number of para-hydroxylation sites is 2. The SMILES string of the molecule is COc1ccc(C(=O)Nc2ccccc2C(=O)N[C@@H](C(=O)NN(C)c2ccccc2)C(C)C)cc1. The van der Waals surface area contributed by atoms with Gasteiger partial charge in [0.25, 0.3) is 17.7 Å². The Hall–Kier alpha value is -4.33. The lowest BCUT2D eigenvalue weighted by molar-refractivity contribution is -0.124. The molecule has 0 saturated carbocycles. The van der Waals surface area contributed by atoms with Gasteiger partial charge in [0.1, 0.15) is 11.8 Å². The van der Waals surface area contributed by atoms with Gasteiger partial charge in [0.05, 0.1) is 24.0 Å². The van der Waals surface area contributed by atoms with Gasteiger partial charge in [-0.2, -0.15) is 0 Å². The highest BCUT2D eigenvalue weighted by molar-refractivity contribution is 6.09. The fourth-order valence-corrected chi connectivity index (χ4v) is 3.43. The van der Waals surface area contributed by atoms with Crippen LogP contribution in [0.5, 0.6) is 5.75 Å². The van der Waals surface area contributed by atoms with E-state index in [-0.39, 0.29) is 23.3 Å². The van der Waals surface area contributed by atoms with Gasteiger partial charge in [-0.25, -0.2) is 0 Å². The Morgan fingerprint density at radius 3 is 2.09 bits per heavy atom. The van der Waals surface area contributed by atoms with Crippen LogP contribution in [0.4, 0.5) is 11.4 Å². The third-order valence-corrected chi connectivity index (χ3v) is 5.43. The van der Waals surface area contributed by atoms with E-state index in [1.807, 2.05) is 44.2 Å². The number of benzene rings is 3. The normalized spacial score (nSPS) is 11.3. The molecule has 0 unspecified atom stereocenters. The summed E-state index contributed by atoms with van der Waals surface area (Å²) in [6, 6.07) is 21.9. The standard InChI is InChI=1S/C27H30N4O4/c1-18(2)24(27(34)30-31(3)20-10-6-5-7-11-20)29-26(33)22-12-8-9-13-23(22)28-25(32)19-14-16-21(35-4)17-15-19/h5-18,24H,1-4H3,(H,28,32)(H,29,33)(H,30,34)/t24-/m1/s1. The summed E-state index contributed by atoms with van der Waals surface area (Å²) in [6.45, 7) is 3.70. The molecule has 0 aliphatic rings. The number of hydrogen-bond acceptors (Lipinski definition) is 5. The molecule has 35 heavy (non-hydrogen) atoms. The molecule has 0 bridgehead atoms. The highest BCUT2D eigenvalue weighted by Gasteiger charge is 2.26. The van der Waals surface area contributed by atoms with Gasteiger partial charge in [0, 0.05) is 12.6 Å². The lowest BCUT2D eigenvalue weighted by Gasteiger charge is -2.27. The van der Waals surface area contributed by atoms with Crippen LogP contribution in [-0.2, 0) is 4.79 Å². The van der Waals surface area contributed by atoms with E-state index >= 15 is 0 Å². The number of nitrogens with one attached hydrogen (secondary N) is 3. The van der Waals surface area contributed by atoms with Gasteiger partial charge in [-0.1, -0.05) is 44.2 Å². The molecule has 8 nitrogen and oxygen atoms in total. The summed E-state index contributed by atoms with van der Waals surface area (Å²) in [5, 5.41) is 7.20. The summed E-state index contributed by atoms with van der Waals surface area (Å²) in [6.07, 6.45) is 0. The second-order valence-electron chi connectivity index (χ2n) is 8.29. The zero-order chi connectivity index (χ0) is 25.4. The Kier molecular flexibility index (Phi) is 8.45. The minimum absolute atomic E-state index is 0.177. The van der Waals surface area contributed by atoms with Crippen LogP contribution in [0, 0.1) is 5.92 Å². The van der Waals surface area contributed by atoms with Crippen LogP contribution in [0.2, 0.25) is 0 Å². The number of amides is 3. The average Bonchev–Trinajstić information content (AvgIpc) is 2.87. The van der Waals surface area contributed by atoms with Crippen LogP contribution in [0.3, 0.4) is 0 Å². The van der Waals surface area contributed by atoms with E-state index in [1.165, 1.54) is 0 Å². The van der Waals surface area contributed by atoms with Crippen LogP contribution in [0.1, 0.15) is 34.6 Å². The van der Waals surface area contributed by atoms with Crippen molar-refractivity contribution >= 4 is 29.1 Å². The molecule has 0 aliphatic carbocycles. The molecule has 3 aromatic rings. The number of hydrazine groups is 1. The van der Waals surface area contributed by atoms with Crippen molar-refractivity contribution in [2.24, 2.45) is 5.92 Å². The van der Waals surface area contributed by atoms with Crippen molar-refractivity contribution in [1.29, 1.82) is 0 Å². The summed E-state index contributed by atoms with van der Waals surface area (Å²) >= 11 is 0. The smallest absolute Gasteiger partial charge is 0.261 e. The summed E-state index contributed by atoms with van der Waals surface area (Å²) in [5.41, 5.74) is 4.64. The zero-order valence-corrected chi connectivity index (χ0v) is 20.2. The van der Waals surface area contributed by atoms with E-state index < -0.39 is 11.9 Å². The van der Waals surface area contributed by atoms with E-state index in [0.717, 1.165) is 5.69 Å². The van der Waals surface area contributed by atoms with Crippen LogP contribution in [0.15, 0.2) is 78.9 Å². The number of carbonyl (C=O) groups is 3. The van der Waals surface area contributed by atoms with Crippen molar-refractivity contribution in [1.82, 2.24) is 10.7 Å². The third kappa shape index (κ3) is 6.60. The van der Waals surface area contributed by atoms with Crippen molar-refractivity contribution in [3.05, 3.63) is 90.0 Å². The first-order valence-corrected chi connectivity index (χ1v) is 11.2. The molecule has 3 rings (SSSR count). The highest BCUT2D eigenvalue weighted by Crippen LogP contribution is 2.19. The number of nitrogens with zero attached hydrogens (tertiary/aromatic N) is 1. The van der Waals surface area contributed by atoms with E-state index in [9.17, 15) is 14.4 Å². The first-order chi connectivity index (χ1) is 16.8. The van der Waals surface area contributed by atoms with Crippen LogP contribution < -0.4 is 25.8 Å². The molecule has 3 N–H and O–H groups in total. The van der Waals surface area contributed by atoms with Crippen LogP contribution in [-0.4, -0.2) is 37.9 Å². The molecule has 3 aromatic carbocycles. The molecule has 8 heteroatoms. The quantitative estimate of drug-likeness (QED) is 0.409. The van der Waals surface area contributed by atoms with E-state index in [2.05, 4.69) is 16.1 Å². The molecule has 3 amide bonds. The molecule has 0 aliphatic heterocycles. The fourth-order valence-electron chi connectivity index (χ4n) is 3.43. The topological polar surface area (TPSA) is 99.8 Å². The van der Waals surface area contributed by atoms with Crippen molar-refractivity contribution in [2.45, 2.75) is 19.9 Å². The first kappa shape index (κ1) is 25.3. The predicted molar refractivity (Wildman–Crippen MR) is 136 cm³/mol. The summed E-state index contributed by atoms with van der Waals surface area (Å²) in [5.74, 6) is -0.719.